The highest BCUT2D eigenvalue weighted by Gasteiger charge is 2.32. The van der Waals surface area contributed by atoms with Crippen LogP contribution in [0.2, 0.25) is 0 Å². The Morgan fingerprint density at radius 1 is 1.03 bits per heavy atom. The molecule has 0 atom stereocenters. The number of fused-ring (bicyclic) bond motifs is 2. The summed E-state index contributed by atoms with van der Waals surface area (Å²) in [7, 11) is -4.09. The summed E-state index contributed by atoms with van der Waals surface area (Å²) in [6, 6.07) is 12.4. The predicted molar refractivity (Wildman–Crippen MR) is 105 cm³/mol. The summed E-state index contributed by atoms with van der Waals surface area (Å²) in [5.74, 6) is -0.147. The smallest absolute Gasteiger partial charge is 0.336 e. The summed E-state index contributed by atoms with van der Waals surface area (Å²) in [6.07, 6.45) is 0.691. The van der Waals surface area contributed by atoms with Gasteiger partial charge in [0.25, 0.3) is 0 Å². The Balaban J connectivity index is 1.36. The molecule has 1 aromatic heterocycles. The van der Waals surface area contributed by atoms with E-state index in [1.165, 1.54) is 4.90 Å². The average Bonchev–Trinajstić information content (AvgIpc) is 3.41. The van der Waals surface area contributed by atoms with Gasteiger partial charge >= 0.3 is 5.22 Å². The van der Waals surface area contributed by atoms with E-state index in [-0.39, 0.29) is 5.89 Å². The SMILES string of the molecule is O=C(CS(=O)(=O)c1nnc(-c2ccc3c(c2)OCCO3)o1)N1CCc2ccccc21. The summed E-state index contributed by atoms with van der Waals surface area (Å²) in [5, 5.41) is 6.89. The van der Waals surface area contributed by atoms with Crippen LogP contribution in [0.3, 0.4) is 0 Å². The van der Waals surface area contributed by atoms with Gasteiger partial charge in [0.1, 0.15) is 19.0 Å². The first-order valence-electron chi connectivity index (χ1n) is 9.36. The van der Waals surface area contributed by atoms with Crippen LogP contribution in [0.4, 0.5) is 5.69 Å². The fourth-order valence-corrected chi connectivity index (χ4v) is 4.50. The Morgan fingerprint density at radius 3 is 2.70 bits per heavy atom. The lowest BCUT2D eigenvalue weighted by Crippen LogP contribution is -2.34. The molecule has 0 saturated heterocycles. The molecule has 1 amide bonds. The molecule has 2 aliphatic rings. The zero-order valence-corrected chi connectivity index (χ0v) is 16.6. The van der Waals surface area contributed by atoms with Crippen LogP contribution in [0.1, 0.15) is 5.56 Å². The summed E-state index contributed by atoms with van der Waals surface area (Å²) < 4.78 is 41.8. The number of benzene rings is 2. The Labute approximate surface area is 172 Å². The fourth-order valence-electron chi connectivity index (χ4n) is 3.53. The van der Waals surface area contributed by atoms with Crippen molar-refractivity contribution < 1.29 is 27.1 Å². The van der Waals surface area contributed by atoms with Gasteiger partial charge in [0, 0.05) is 17.8 Å². The van der Waals surface area contributed by atoms with Crippen molar-refractivity contribution in [2.75, 3.05) is 30.4 Å². The molecule has 2 aromatic carbocycles. The molecule has 0 fully saturated rings. The minimum Gasteiger partial charge on any atom is -0.486 e. The molecule has 3 heterocycles. The van der Waals surface area contributed by atoms with E-state index in [9.17, 15) is 13.2 Å². The molecule has 0 radical (unpaired) electrons. The molecule has 0 saturated carbocycles. The van der Waals surface area contributed by atoms with Gasteiger partial charge in [-0.1, -0.05) is 23.3 Å². The number of hydrogen-bond acceptors (Lipinski definition) is 8. The van der Waals surface area contributed by atoms with E-state index in [4.69, 9.17) is 13.9 Å². The van der Waals surface area contributed by atoms with Gasteiger partial charge in [-0.2, -0.15) is 0 Å². The fraction of sp³-hybridized carbons (Fsp3) is 0.250. The Kier molecular flexibility index (Phi) is 4.43. The number of amides is 1. The second-order valence-corrected chi connectivity index (χ2v) is 8.78. The first kappa shape index (κ1) is 18.6. The van der Waals surface area contributed by atoms with Crippen LogP contribution in [0.15, 0.2) is 52.1 Å². The normalized spacial score (nSPS) is 15.1. The third kappa shape index (κ3) is 3.28. The second kappa shape index (κ2) is 7.13. The molecule has 0 N–H and O–H groups in total. The van der Waals surface area contributed by atoms with Crippen molar-refractivity contribution >= 4 is 21.4 Å². The lowest BCUT2D eigenvalue weighted by atomic mass is 10.2. The Bertz CT molecular complexity index is 1240. The van der Waals surface area contributed by atoms with E-state index < -0.39 is 26.7 Å². The summed E-state index contributed by atoms with van der Waals surface area (Å²) >= 11 is 0. The van der Waals surface area contributed by atoms with Gasteiger partial charge in [-0.3, -0.25) is 4.79 Å². The third-order valence-corrected chi connectivity index (χ3v) is 6.29. The van der Waals surface area contributed by atoms with Gasteiger partial charge in [-0.05, 0) is 36.2 Å². The van der Waals surface area contributed by atoms with Gasteiger partial charge in [0.05, 0.1) is 0 Å². The van der Waals surface area contributed by atoms with Crippen LogP contribution >= 0.6 is 0 Å². The molecular formula is C20H17N3O6S. The minimum absolute atomic E-state index is 0.0181. The zero-order chi connectivity index (χ0) is 20.7. The van der Waals surface area contributed by atoms with E-state index >= 15 is 0 Å². The van der Waals surface area contributed by atoms with Crippen LogP contribution < -0.4 is 14.4 Å². The van der Waals surface area contributed by atoms with Gasteiger partial charge < -0.3 is 18.8 Å². The number of rotatable bonds is 4. The molecule has 5 rings (SSSR count). The van der Waals surface area contributed by atoms with Crippen molar-refractivity contribution in [3.05, 3.63) is 48.0 Å². The molecule has 30 heavy (non-hydrogen) atoms. The van der Waals surface area contributed by atoms with Crippen LogP contribution in [0.25, 0.3) is 11.5 Å². The minimum atomic E-state index is -4.09. The molecular weight excluding hydrogens is 410 g/mol. The molecule has 3 aromatic rings. The molecule has 0 bridgehead atoms. The predicted octanol–water partition coefficient (Wildman–Crippen LogP) is 1.87. The van der Waals surface area contributed by atoms with Crippen molar-refractivity contribution in [3.63, 3.8) is 0 Å². The van der Waals surface area contributed by atoms with E-state index in [0.29, 0.717) is 43.2 Å². The van der Waals surface area contributed by atoms with E-state index in [0.717, 1.165) is 11.3 Å². The Morgan fingerprint density at radius 2 is 1.83 bits per heavy atom. The van der Waals surface area contributed by atoms with Gasteiger partial charge in [-0.25, -0.2) is 8.42 Å². The lowest BCUT2D eigenvalue weighted by Gasteiger charge is -2.18. The molecule has 0 aliphatic carbocycles. The highest BCUT2D eigenvalue weighted by atomic mass is 32.2. The first-order chi connectivity index (χ1) is 14.5. The zero-order valence-electron chi connectivity index (χ0n) is 15.8. The number of ether oxygens (including phenoxy) is 2. The highest BCUT2D eigenvalue weighted by Crippen LogP contribution is 2.34. The summed E-state index contributed by atoms with van der Waals surface area (Å²) in [4.78, 5) is 14.1. The van der Waals surface area contributed by atoms with Crippen molar-refractivity contribution in [3.8, 4) is 23.0 Å². The number of carbonyl (C=O) groups excluding carboxylic acids is 1. The maximum Gasteiger partial charge on any atom is 0.336 e. The summed E-state index contributed by atoms with van der Waals surface area (Å²) in [5.41, 5.74) is 2.25. The maximum atomic E-state index is 12.7. The Hall–Kier alpha value is -3.40. The second-order valence-electron chi connectivity index (χ2n) is 6.91. The summed E-state index contributed by atoms with van der Waals surface area (Å²) in [6.45, 7) is 1.33. The van der Waals surface area contributed by atoms with E-state index in [1.54, 1.807) is 24.3 Å². The number of sulfone groups is 1. The largest absolute Gasteiger partial charge is 0.486 e. The number of para-hydroxylation sites is 1. The van der Waals surface area contributed by atoms with Gasteiger partial charge in [0.2, 0.25) is 21.6 Å². The van der Waals surface area contributed by atoms with Crippen molar-refractivity contribution in [2.24, 2.45) is 0 Å². The lowest BCUT2D eigenvalue weighted by molar-refractivity contribution is -0.116. The monoisotopic (exact) mass is 427 g/mol. The number of nitrogens with zero attached hydrogens (tertiary/aromatic N) is 3. The third-order valence-electron chi connectivity index (χ3n) is 4.96. The van der Waals surface area contributed by atoms with Crippen molar-refractivity contribution in [2.45, 2.75) is 11.6 Å². The quantitative estimate of drug-likeness (QED) is 0.620. The van der Waals surface area contributed by atoms with E-state index in [2.05, 4.69) is 10.2 Å². The molecule has 0 spiro atoms. The standard InChI is InChI=1S/C20H17N3O6S/c24-18(23-8-7-13-3-1-2-4-15(13)23)12-30(25,26)20-22-21-19(29-20)14-5-6-16-17(11-14)28-10-9-27-16/h1-6,11H,7-10,12H2. The van der Waals surface area contributed by atoms with E-state index in [1.807, 2.05) is 18.2 Å². The molecule has 9 nitrogen and oxygen atoms in total. The average molecular weight is 427 g/mol. The van der Waals surface area contributed by atoms with Crippen LogP contribution in [0, 0.1) is 0 Å². The van der Waals surface area contributed by atoms with Crippen molar-refractivity contribution in [1.29, 1.82) is 0 Å². The number of aromatic nitrogens is 2. The first-order valence-corrected chi connectivity index (χ1v) is 11.0. The van der Waals surface area contributed by atoms with Crippen LogP contribution in [0.5, 0.6) is 11.5 Å². The van der Waals surface area contributed by atoms with Crippen molar-refractivity contribution in [1.82, 2.24) is 10.2 Å². The molecule has 154 valence electrons. The maximum absolute atomic E-state index is 12.7. The van der Waals surface area contributed by atoms with Gasteiger partial charge in [-0.15, -0.1) is 5.10 Å². The molecule has 0 unspecified atom stereocenters. The number of carbonyl (C=O) groups is 1. The topological polar surface area (TPSA) is 112 Å². The number of hydrogen-bond donors (Lipinski definition) is 0. The van der Waals surface area contributed by atoms with Gasteiger partial charge in [0.15, 0.2) is 11.5 Å². The highest BCUT2D eigenvalue weighted by molar-refractivity contribution is 7.91. The van der Waals surface area contributed by atoms with Crippen LogP contribution in [-0.4, -0.2) is 50.0 Å². The molecule has 2 aliphatic heterocycles. The van der Waals surface area contributed by atoms with Crippen LogP contribution in [-0.2, 0) is 21.1 Å². The molecule has 10 heteroatoms. The number of anilines is 1.